The van der Waals surface area contributed by atoms with Gasteiger partial charge in [-0.2, -0.15) is 0 Å². The number of rotatable bonds is 4. The summed E-state index contributed by atoms with van der Waals surface area (Å²) in [5.74, 6) is -1.46. The van der Waals surface area contributed by atoms with E-state index in [1.807, 2.05) is 0 Å². The molecule has 108 valence electrons. The van der Waals surface area contributed by atoms with Gasteiger partial charge in [-0.1, -0.05) is 29.8 Å². The van der Waals surface area contributed by atoms with Crippen molar-refractivity contribution in [3.8, 4) is 0 Å². The fourth-order valence-corrected chi connectivity index (χ4v) is 2.30. The summed E-state index contributed by atoms with van der Waals surface area (Å²) in [6.45, 7) is 0. The first-order chi connectivity index (χ1) is 9.90. The van der Waals surface area contributed by atoms with E-state index in [1.54, 1.807) is 30.3 Å². The molecule has 0 bridgehead atoms. The van der Waals surface area contributed by atoms with Crippen molar-refractivity contribution in [3.63, 3.8) is 0 Å². The number of primary amides is 1. The second kappa shape index (κ2) is 5.80. The van der Waals surface area contributed by atoms with Crippen LogP contribution in [-0.2, 0) is 4.79 Å². The minimum atomic E-state index is -0.831. The molecule has 0 aliphatic rings. The molecule has 2 rings (SSSR count). The number of nitrogen functional groups attached to an aromatic ring is 1. The topological polar surface area (TPSA) is 112 Å². The smallest absolute Gasteiger partial charge is 0.292 e. The van der Waals surface area contributed by atoms with Crippen molar-refractivity contribution in [1.29, 1.82) is 0 Å². The van der Waals surface area contributed by atoms with Gasteiger partial charge in [-0.25, -0.2) is 0 Å². The Kier molecular flexibility index (Phi) is 4.09. The van der Waals surface area contributed by atoms with Gasteiger partial charge in [0.05, 0.1) is 10.8 Å². The lowest BCUT2D eigenvalue weighted by Gasteiger charge is -2.15. The van der Waals surface area contributed by atoms with Gasteiger partial charge in [0.2, 0.25) is 5.91 Å². The Morgan fingerprint density at radius 1 is 1.19 bits per heavy atom. The third kappa shape index (κ3) is 3.11. The van der Waals surface area contributed by atoms with Crippen molar-refractivity contribution in [1.82, 2.24) is 0 Å². The number of halogens is 1. The average Bonchev–Trinajstić information content (AvgIpc) is 2.40. The Morgan fingerprint density at radius 2 is 1.86 bits per heavy atom. The van der Waals surface area contributed by atoms with Gasteiger partial charge in [-0.3, -0.25) is 14.9 Å². The number of hydrogen-bond donors (Lipinski definition) is 2. The minimum Gasteiger partial charge on any atom is -0.393 e. The summed E-state index contributed by atoms with van der Waals surface area (Å²) in [6, 6.07) is 10.8. The molecule has 0 radical (unpaired) electrons. The predicted octanol–water partition coefficient (Wildman–Crippen LogP) is 2.45. The Labute approximate surface area is 125 Å². The van der Waals surface area contributed by atoms with E-state index in [0.717, 1.165) is 0 Å². The lowest BCUT2D eigenvalue weighted by Crippen LogP contribution is -2.22. The molecule has 2 aromatic rings. The Balaban J connectivity index is 2.56. The fraction of sp³-hybridized carbons (Fsp3) is 0.0714. The Hall–Kier alpha value is -2.60. The van der Waals surface area contributed by atoms with E-state index in [9.17, 15) is 14.9 Å². The van der Waals surface area contributed by atoms with Gasteiger partial charge < -0.3 is 11.5 Å². The summed E-state index contributed by atoms with van der Waals surface area (Å²) in [5, 5.41) is 11.4. The molecule has 0 saturated carbocycles. The summed E-state index contributed by atoms with van der Waals surface area (Å²) >= 11 is 5.91. The van der Waals surface area contributed by atoms with E-state index >= 15 is 0 Å². The van der Waals surface area contributed by atoms with E-state index in [-0.39, 0.29) is 11.4 Å². The van der Waals surface area contributed by atoms with E-state index in [0.29, 0.717) is 16.1 Å². The van der Waals surface area contributed by atoms with Gasteiger partial charge in [0.25, 0.3) is 5.69 Å². The van der Waals surface area contributed by atoms with Crippen molar-refractivity contribution >= 4 is 28.9 Å². The van der Waals surface area contributed by atoms with E-state index in [2.05, 4.69) is 0 Å². The second-order valence-electron chi connectivity index (χ2n) is 4.47. The number of amides is 1. The van der Waals surface area contributed by atoms with E-state index in [1.165, 1.54) is 12.1 Å². The first-order valence-electron chi connectivity index (χ1n) is 5.98. The number of nitro benzene ring substituents is 1. The third-order valence-corrected chi connectivity index (χ3v) is 3.29. The maximum Gasteiger partial charge on any atom is 0.292 e. The number of nitrogens with zero attached hydrogens (tertiary/aromatic N) is 1. The molecule has 1 atom stereocenters. The average molecular weight is 306 g/mol. The number of nitrogens with two attached hydrogens (primary N) is 2. The highest BCUT2D eigenvalue weighted by molar-refractivity contribution is 6.30. The highest BCUT2D eigenvalue weighted by Gasteiger charge is 2.23. The van der Waals surface area contributed by atoms with Crippen LogP contribution in [0, 0.1) is 10.1 Å². The lowest BCUT2D eigenvalue weighted by molar-refractivity contribution is -0.384. The molecule has 4 N–H and O–H groups in total. The number of carbonyl (C=O) groups excluding carboxylic acids is 1. The number of hydrogen-bond acceptors (Lipinski definition) is 4. The maximum absolute atomic E-state index is 11.8. The zero-order valence-corrected chi connectivity index (χ0v) is 11.6. The molecule has 1 amide bonds. The van der Waals surface area contributed by atoms with Crippen molar-refractivity contribution in [2.45, 2.75) is 5.92 Å². The molecule has 1 unspecified atom stereocenters. The van der Waals surface area contributed by atoms with Crippen LogP contribution in [0.1, 0.15) is 17.0 Å². The fourth-order valence-electron chi connectivity index (χ4n) is 2.11. The Bertz CT molecular complexity index is 718. The highest BCUT2D eigenvalue weighted by Crippen LogP contribution is 2.31. The minimum absolute atomic E-state index is 0.0260. The van der Waals surface area contributed by atoms with Gasteiger partial charge in [0.15, 0.2) is 0 Å². The molecule has 2 aromatic carbocycles. The van der Waals surface area contributed by atoms with Crippen LogP contribution in [0.25, 0.3) is 0 Å². The first-order valence-corrected chi connectivity index (χ1v) is 6.36. The Morgan fingerprint density at radius 3 is 2.43 bits per heavy atom. The SMILES string of the molecule is NC(=O)C(c1cccc(Cl)c1)c1ccc(N)c([N+](=O)[O-])c1. The van der Waals surface area contributed by atoms with Crippen LogP contribution >= 0.6 is 11.6 Å². The van der Waals surface area contributed by atoms with Gasteiger partial charge in [-0.05, 0) is 29.3 Å². The van der Waals surface area contributed by atoms with Crippen LogP contribution in [0.4, 0.5) is 11.4 Å². The molecule has 6 nitrogen and oxygen atoms in total. The molecule has 0 fully saturated rings. The van der Waals surface area contributed by atoms with Crippen molar-refractivity contribution < 1.29 is 9.72 Å². The molecule has 7 heteroatoms. The zero-order chi connectivity index (χ0) is 15.6. The molecular weight excluding hydrogens is 294 g/mol. The van der Waals surface area contributed by atoms with Crippen LogP contribution in [0.2, 0.25) is 5.02 Å². The molecule has 0 aliphatic carbocycles. The number of nitro groups is 1. The lowest BCUT2D eigenvalue weighted by atomic mass is 9.90. The summed E-state index contributed by atoms with van der Waals surface area (Å²) in [7, 11) is 0. The number of carbonyl (C=O) groups is 1. The molecule has 0 spiro atoms. The maximum atomic E-state index is 11.8. The van der Waals surface area contributed by atoms with Gasteiger partial charge in [0.1, 0.15) is 5.69 Å². The van der Waals surface area contributed by atoms with Gasteiger partial charge >= 0.3 is 0 Å². The monoisotopic (exact) mass is 305 g/mol. The summed E-state index contributed by atoms with van der Waals surface area (Å²) in [5.41, 5.74) is 11.7. The molecule has 0 heterocycles. The predicted molar refractivity (Wildman–Crippen MR) is 80.0 cm³/mol. The van der Waals surface area contributed by atoms with E-state index < -0.39 is 16.7 Å². The summed E-state index contributed by atoms with van der Waals surface area (Å²) in [4.78, 5) is 22.1. The molecular formula is C14H12ClN3O3. The molecule has 0 saturated heterocycles. The molecule has 0 aliphatic heterocycles. The van der Waals surface area contributed by atoms with Crippen LogP contribution in [0.15, 0.2) is 42.5 Å². The standard InChI is InChI=1S/C14H12ClN3O3/c15-10-3-1-2-8(6-10)13(14(17)19)9-4-5-11(16)12(7-9)18(20)21/h1-7,13H,16H2,(H2,17,19). The van der Waals surface area contributed by atoms with Crippen molar-refractivity contribution in [2.24, 2.45) is 5.73 Å². The molecule has 0 aromatic heterocycles. The zero-order valence-electron chi connectivity index (χ0n) is 10.8. The third-order valence-electron chi connectivity index (χ3n) is 3.05. The summed E-state index contributed by atoms with van der Waals surface area (Å²) < 4.78 is 0. The highest BCUT2D eigenvalue weighted by atomic mass is 35.5. The van der Waals surface area contributed by atoms with Crippen molar-refractivity contribution in [2.75, 3.05) is 5.73 Å². The quantitative estimate of drug-likeness (QED) is 0.513. The molecule has 21 heavy (non-hydrogen) atoms. The van der Waals surface area contributed by atoms with Crippen LogP contribution in [0.5, 0.6) is 0 Å². The van der Waals surface area contributed by atoms with Crippen LogP contribution < -0.4 is 11.5 Å². The van der Waals surface area contributed by atoms with Gasteiger partial charge in [0, 0.05) is 11.1 Å². The van der Waals surface area contributed by atoms with Crippen molar-refractivity contribution in [3.05, 3.63) is 68.7 Å². The number of benzene rings is 2. The first kappa shape index (κ1) is 14.8. The largest absolute Gasteiger partial charge is 0.393 e. The van der Waals surface area contributed by atoms with Crippen LogP contribution in [0.3, 0.4) is 0 Å². The normalized spacial score (nSPS) is 11.9. The number of anilines is 1. The summed E-state index contributed by atoms with van der Waals surface area (Å²) in [6.07, 6.45) is 0. The van der Waals surface area contributed by atoms with E-state index in [4.69, 9.17) is 23.1 Å². The second-order valence-corrected chi connectivity index (χ2v) is 4.90. The van der Waals surface area contributed by atoms with Gasteiger partial charge in [-0.15, -0.1) is 0 Å². The van der Waals surface area contributed by atoms with Crippen LogP contribution in [-0.4, -0.2) is 10.8 Å².